The molecule has 3 rings (SSSR count). The van der Waals surface area contributed by atoms with Gasteiger partial charge in [0, 0.05) is 23.3 Å². The van der Waals surface area contributed by atoms with Crippen LogP contribution >= 0.6 is 0 Å². The molecule has 26 heavy (non-hydrogen) atoms. The maximum atomic E-state index is 12.1. The van der Waals surface area contributed by atoms with Crippen LogP contribution in [0, 0.1) is 10.1 Å². The van der Waals surface area contributed by atoms with E-state index in [1.807, 2.05) is 42.5 Å². The van der Waals surface area contributed by atoms with Crippen molar-refractivity contribution in [3.05, 3.63) is 100 Å². The van der Waals surface area contributed by atoms with E-state index in [1.54, 1.807) is 24.3 Å². The zero-order valence-electron chi connectivity index (χ0n) is 13.7. The molecule has 0 saturated heterocycles. The van der Waals surface area contributed by atoms with Gasteiger partial charge in [-0.25, -0.2) is 5.43 Å². The molecule has 3 aromatic carbocycles. The van der Waals surface area contributed by atoms with Gasteiger partial charge in [-0.05, 0) is 23.3 Å². The Morgan fingerprint density at radius 2 is 1.62 bits per heavy atom. The maximum absolute atomic E-state index is 12.1. The molecule has 1 N–H and O–H groups in total. The van der Waals surface area contributed by atoms with Crippen molar-refractivity contribution < 1.29 is 9.72 Å². The monoisotopic (exact) mass is 345 g/mol. The van der Waals surface area contributed by atoms with Crippen molar-refractivity contribution in [3.63, 3.8) is 0 Å². The number of amides is 1. The smallest absolute Gasteiger partial charge is 0.267 e. The van der Waals surface area contributed by atoms with Gasteiger partial charge < -0.3 is 0 Å². The summed E-state index contributed by atoms with van der Waals surface area (Å²) in [6, 6.07) is 23.0. The van der Waals surface area contributed by atoms with E-state index in [2.05, 4.69) is 10.5 Å². The zero-order valence-corrected chi connectivity index (χ0v) is 13.7. The van der Waals surface area contributed by atoms with Crippen LogP contribution in [0.5, 0.6) is 0 Å². The van der Waals surface area contributed by atoms with Crippen LogP contribution in [0.2, 0.25) is 0 Å². The molecule has 0 aliphatic carbocycles. The molecule has 0 radical (unpaired) electrons. The molecule has 0 aromatic heterocycles. The van der Waals surface area contributed by atoms with Crippen LogP contribution in [-0.4, -0.2) is 17.0 Å². The van der Waals surface area contributed by atoms with Crippen LogP contribution in [-0.2, 0) is 0 Å². The van der Waals surface area contributed by atoms with Gasteiger partial charge in [0.1, 0.15) is 0 Å². The molecule has 0 bridgehead atoms. The Labute approximate surface area is 150 Å². The highest BCUT2D eigenvalue weighted by Crippen LogP contribution is 2.19. The number of nitro benzene ring substituents is 1. The quantitative estimate of drug-likeness (QED) is 0.430. The molecule has 0 saturated carbocycles. The first kappa shape index (κ1) is 17.0. The lowest BCUT2D eigenvalue weighted by atomic mass is 10.0. The van der Waals surface area contributed by atoms with Gasteiger partial charge in [-0.3, -0.25) is 14.9 Å². The average Bonchev–Trinajstić information content (AvgIpc) is 2.69. The number of nitrogens with one attached hydrogen (secondary N) is 1. The van der Waals surface area contributed by atoms with Gasteiger partial charge in [0.05, 0.1) is 11.1 Å². The third-order valence-electron chi connectivity index (χ3n) is 3.71. The van der Waals surface area contributed by atoms with Crippen LogP contribution in [0.4, 0.5) is 5.69 Å². The van der Waals surface area contributed by atoms with Crippen LogP contribution in [0.1, 0.15) is 15.9 Å². The van der Waals surface area contributed by atoms with Gasteiger partial charge in [0.25, 0.3) is 11.6 Å². The number of nitrogens with zero attached hydrogens (tertiary/aromatic N) is 2. The number of rotatable bonds is 5. The summed E-state index contributed by atoms with van der Waals surface area (Å²) in [4.78, 5) is 22.4. The van der Waals surface area contributed by atoms with E-state index in [9.17, 15) is 14.9 Å². The number of carbonyl (C=O) groups excluding carboxylic acids is 1. The Balaban J connectivity index is 1.65. The average molecular weight is 345 g/mol. The van der Waals surface area contributed by atoms with Crippen LogP contribution < -0.4 is 5.43 Å². The predicted molar refractivity (Wildman–Crippen MR) is 100 cm³/mol. The van der Waals surface area contributed by atoms with E-state index in [0.717, 1.165) is 11.1 Å². The Hall–Kier alpha value is -3.80. The van der Waals surface area contributed by atoms with E-state index in [1.165, 1.54) is 18.3 Å². The van der Waals surface area contributed by atoms with E-state index < -0.39 is 4.92 Å². The van der Waals surface area contributed by atoms with Crippen molar-refractivity contribution in [1.82, 2.24) is 5.43 Å². The van der Waals surface area contributed by atoms with Gasteiger partial charge in [-0.15, -0.1) is 0 Å². The van der Waals surface area contributed by atoms with Gasteiger partial charge in [-0.2, -0.15) is 5.10 Å². The standard InChI is InChI=1S/C20H15N3O3/c24-20(22-21-14-15-5-4-8-19(13-15)23(25)26)18-11-9-17(10-12-18)16-6-2-1-3-7-16/h1-14H,(H,22,24)/b21-14-. The maximum Gasteiger partial charge on any atom is 0.271 e. The lowest BCUT2D eigenvalue weighted by Gasteiger charge is -2.03. The van der Waals surface area contributed by atoms with Crippen molar-refractivity contribution in [2.24, 2.45) is 5.10 Å². The van der Waals surface area contributed by atoms with Gasteiger partial charge >= 0.3 is 0 Å². The third kappa shape index (κ3) is 4.18. The molecule has 6 nitrogen and oxygen atoms in total. The summed E-state index contributed by atoms with van der Waals surface area (Å²) in [6.07, 6.45) is 1.36. The molecular weight excluding hydrogens is 330 g/mol. The fourth-order valence-electron chi connectivity index (χ4n) is 2.39. The van der Waals surface area contributed by atoms with Gasteiger partial charge in [0.2, 0.25) is 0 Å². The number of hydrogen-bond acceptors (Lipinski definition) is 4. The Morgan fingerprint density at radius 1 is 0.923 bits per heavy atom. The third-order valence-corrected chi connectivity index (χ3v) is 3.71. The Morgan fingerprint density at radius 3 is 2.31 bits per heavy atom. The van der Waals surface area contributed by atoms with Crippen molar-refractivity contribution in [1.29, 1.82) is 0 Å². The second-order valence-electron chi connectivity index (χ2n) is 5.49. The molecule has 0 fully saturated rings. The van der Waals surface area contributed by atoms with Crippen LogP contribution in [0.15, 0.2) is 84.0 Å². The highest BCUT2D eigenvalue weighted by Gasteiger charge is 2.06. The van der Waals surface area contributed by atoms with Crippen LogP contribution in [0.25, 0.3) is 11.1 Å². The molecule has 0 unspecified atom stereocenters. The summed E-state index contributed by atoms with van der Waals surface area (Å²) >= 11 is 0. The summed E-state index contributed by atoms with van der Waals surface area (Å²) in [6.45, 7) is 0. The summed E-state index contributed by atoms with van der Waals surface area (Å²) in [7, 11) is 0. The fraction of sp³-hybridized carbons (Fsp3) is 0. The van der Waals surface area contributed by atoms with Crippen molar-refractivity contribution in [2.75, 3.05) is 0 Å². The minimum absolute atomic E-state index is 0.0308. The number of hydrogen-bond donors (Lipinski definition) is 1. The molecule has 6 heteroatoms. The number of non-ortho nitro benzene ring substituents is 1. The molecule has 0 aliphatic rings. The lowest BCUT2D eigenvalue weighted by Crippen LogP contribution is -2.17. The molecule has 3 aromatic rings. The number of carbonyl (C=O) groups is 1. The first-order chi connectivity index (χ1) is 12.6. The van der Waals surface area contributed by atoms with Crippen molar-refractivity contribution in [2.45, 2.75) is 0 Å². The predicted octanol–water partition coefficient (Wildman–Crippen LogP) is 4.03. The largest absolute Gasteiger partial charge is 0.271 e. The van der Waals surface area contributed by atoms with E-state index >= 15 is 0 Å². The summed E-state index contributed by atoms with van der Waals surface area (Å²) in [5.74, 6) is -0.355. The summed E-state index contributed by atoms with van der Waals surface area (Å²) < 4.78 is 0. The molecule has 0 spiro atoms. The first-order valence-corrected chi connectivity index (χ1v) is 7.87. The number of nitro groups is 1. The van der Waals surface area contributed by atoms with Gasteiger partial charge in [0.15, 0.2) is 0 Å². The number of hydrazone groups is 1. The zero-order chi connectivity index (χ0) is 18.4. The minimum atomic E-state index is -0.482. The lowest BCUT2D eigenvalue weighted by molar-refractivity contribution is -0.384. The molecule has 0 aliphatic heterocycles. The van der Waals surface area contributed by atoms with E-state index in [-0.39, 0.29) is 11.6 Å². The van der Waals surface area contributed by atoms with Crippen LogP contribution in [0.3, 0.4) is 0 Å². The Bertz CT molecular complexity index is 952. The first-order valence-electron chi connectivity index (χ1n) is 7.87. The summed E-state index contributed by atoms with van der Waals surface area (Å²) in [5.41, 5.74) is 5.47. The Kier molecular flexibility index (Phi) is 5.14. The minimum Gasteiger partial charge on any atom is -0.267 e. The summed E-state index contributed by atoms with van der Waals surface area (Å²) in [5, 5.41) is 14.6. The molecule has 1 amide bonds. The number of benzene rings is 3. The highest BCUT2D eigenvalue weighted by atomic mass is 16.6. The van der Waals surface area contributed by atoms with Gasteiger partial charge in [-0.1, -0.05) is 54.6 Å². The van der Waals surface area contributed by atoms with E-state index in [4.69, 9.17) is 0 Å². The fourth-order valence-corrected chi connectivity index (χ4v) is 2.39. The normalized spacial score (nSPS) is 10.6. The molecule has 0 atom stereocenters. The molecular formula is C20H15N3O3. The molecule has 128 valence electrons. The molecule has 0 heterocycles. The van der Waals surface area contributed by atoms with Crippen molar-refractivity contribution >= 4 is 17.8 Å². The van der Waals surface area contributed by atoms with E-state index in [0.29, 0.717) is 11.1 Å². The van der Waals surface area contributed by atoms with Crippen molar-refractivity contribution in [3.8, 4) is 11.1 Å². The second kappa shape index (κ2) is 7.85. The highest BCUT2D eigenvalue weighted by molar-refractivity contribution is 5.95. The SMILES string of the molecule is O=C(N/N=C\c1cccc([N+](=O)[O-])c1)c1ccc(-c2ccccc2)cc1. The second-order valence-corrected chi connectivity index (χ2v) is 5.49. The topological polar surface area (TPSA) is 84.6 Å².